The maximum Gasteiger partial charge on any atom is 0.573 e. The van der Waals surface area contributed by atoms with E-state index in [2.05, 4.69) is 43.5 Å². The summed E-state index contributed by atoms with van der Waals surface area (Å²) in [6.45, 7) is 11.4. The number of carbonyl (C=O) groups is 1. The highest BCUT2D eigenvalue weighted by Gasteiger charge is 2.34. The van der Waals surface area contributed by atoms with Gasteiger partial charge in [0.05, 0.1) is 23.0 Å². The predicted octanol–water partition coefficient (Wildman–Crippen LogP) is 8.07. The van der Waals surface area contributed by atoms with Gasteiger partial charge < -0.3 is 19.5 Å². The monoisotopic (exact) mass is 680 g/mol. The van der Waals surface area contributed by atoms with E-state index in [-0.39, 0.29) is 22.5 Å². The van der Waals surface area contributed by atoms with Gasteiger partial charge in [-0.25, -0.2) is 9.97 Å². The molecule has 2 fully saturated rings. The van der Waals surface area contributed by atoms with Crippen molar-refractivity contribution < 1.29 is 22.7 Å². The van der Waals surface area contributed by atoms with E-state index in [0.717, 1.165) is 35.9 Å². The van der Waals surface area contributed by atoms with Crippen LogP contribution in [-0.2, 0) is 4.79 Å². The van der Waals surface area contributed by atoms with Crippen molar-refractivity contribution in [2.45, 2.75) is 46.5 Å². The molecule has 4 aromatic rings. The molecule has 2 aromatic heterocycles. The van der Waals surface area contributed by atoms with Gasteiger partial charge in [0.15, 0.2) is 0 Å². The summed E-state index contributed by atoms with van der Waals surface area (Å²) in [5.41, 5.74) is 2.90. The van der Waals surface area contributed by atoms with Crippen molar-refractivity contribution in [3.63, 3.8) is 0 Å². The van der Waals surface area contributed by atoms with E-state index in [9.17, 15) is 18.0 Å². The number of nitrogens with zero attached hydrogens (tertiary/aromatic N) is 5. The minimum absolute atomic E-state index is 0.116. The van der Waals surface area contributed by atoms with Crippen LogP contribution in [0.25, 0.3) is 33.5 Å². The summed E-state index contributed by atoms with van der Waals surface area (Å²) in [6.07, 6.45) is -0.500. The van der Waals surface area contributed by atoms with Gasteiger partial charge in [0.2, 0.25) is 5.91 Å². The number of aromatic nitrogens is 3. The van der Waals surface area contributed by atoms with Crippen LogP contribution in [-0.4, -0.2) is 76.8 Å². The van der Waals surface area contributed by atoms with Crippen LogP contribution in [0.5, 0.6) is 5.75 Å². The van der Waals surface area contributed by atoms with Gasteiger partial charge in [0, 0.05) is 55.5 Å². The van der Waals surface area contributed by atoms with Gasteiger partial charge in [0.25, 0.3) is 0 Å². The molecule has 2 saturated heterocycles. The lowest BCUT2D eigenvalue weighted by Gasteiger charge is -2.38. The van der Waals surface area contributed by atoms with Crippen LogP contribution in [0, 0.1) is 11.3 Å². The molecule has 0 radical (unpaired) electrons. The van der Waals surface area contributed by atoms with Crippen LogP contribution in [0.1, 0.15) is 46.0 Å². The SMILES string of the molecule is CC1CC(c2ncc(-c3ccc(-c4c(Cl)cc(-c5ccc(N6CCN(C(=O)C(C)(C)C)CC6)nc5)cc4OC(F)(F)F)cc3)[nH]2)N(C)C1. The van der Waals surface area contributed by atoms with E-state index < -0.39 is 17.5 Å². The first-order valence-corrected chi connectivity index (χ1v) is 16.5. The number of piperazine rings is 1. The zero-order chi connectivity index (χ0) is 34.4. The average Bonchev–Trinajstić information content (AvgIpc) is 3.65. The molecule has 2 atom stereocenters. The van der Waals surface area contributed by atoms with E-state index in [1.807, 2.05) is 43.9 Å². The maximum atomic E-state index is 13.6. The highest BCUT2D eigenvalue weighted by atomic mass is 35.5. The third-order valence-corrected chi connectivity index (χ3v) is 9.34. The number of alkyl halides is 3. The molecule has 8 nitrogen and oxygen atoms in total. The number of hydrogen-bond acceptors (Lipinski definition) is 6. The lowest BCUT2D eigenvalue weighted by atomic mass is 9.94. The quantitative estimate of drug-likeness (QED) is 0.222. The fourth-order valence-corrected chi connectivity index (χ4v) is 6.95. The van der Waals surface area contributed by atoms with Crippen LogP contribution >= 0.6 is 11.6 Å². The predicted molar refractivity (Wildman–Crippen MR) is 182 cm³/mol. The van der Waals surface area contributed by atoms with E-state index in [1.54, 1.807) is 36.7 Å². The molecular weight excluding hydrogens is 641 g/mol. The molecule has 4 heterocycles. The largest absolute Gasteiger partial charge is 0.573 e. The first-order valence-electron chi connectivity index (χ1n) is 16.1. The van der Waals surface area contributed by atoms with Gasteiger partial charge in [-0.2, -0.15) is 0 Å². The van der Waals surface area contributed by atoms with Crippen LogP contribution in [0.15, 0.2) is 60.9 Å². The van der Waals surface area contributed by atoms with Crippen molar-refractivity contribution in [3.05, 3.63) is 71.8 Å². The normalized spacial score (nSPS) is 19.2. The van der Waals surface area contributed by atoms with Gasteiger partial charge in [-0.3, -0.25) is 9.69 Å². The fraction of sp³-hybridized carbons (Fsp3) is 0.417. The first kappa shape index (κ1) is 33.8. The number of halogens is 4. The smallest absolute Gasteiger partial charge is 0.405 e. The van der Waals surface area contributed by atoms with Crippen molar-refractivity contribution >= 4 is 23.3 Å². The number of hydrogen-bond donors (Lipinski definition) is 1. The summed E-state index contributed by atoms with van der Waals surface area (Å²) >= 11 is 6.70. The number of rotatable bonds is 6. The Kier molecular flexibility index (Phi) is 9.21. The lowest BCUT2D eigenvalue weighted by Crippen LogP contribution is -2.51. The molecule has 2 aliphatic heterocycles. The van der Waals surface area contributed by atoms with Gasteiger partial charge in [0.1, 0.15) is 17.4 Å². The summed E-state index contributed by atoms with van der Waals surface area (Å²) in [6, 6.07) is 13.9. The summed E-state index contributed by atoms with van der Waals surface area (Å²) < 4.78 is 45.5. The molecule has 0 spiro atoms. The Morgan fingerprint density at radius 2 is 1.58 bits per heavy atom. The fourth-order valence-electron chi connectivity index (χ4n) is 6.63. The molecule has 12 heteroatoms. The highest BCUT2D eigenvalue weighted by molar-refractivity contribution is 6.34. The minimum atomic E-state index is -4.92. The summed E-state index contributed by atoms with van der Waals surface area (Å²) in [5, 5.41) is 0.116. The van der Waals surface area contributed by atoms with Gasteiger partial charge in [-0.1, -0.05) is 63.6 Å². The standard InChI is InChI=1S/C36H40ClF3N6O2/c1-22-16-29(44(5)21-22)33-42-20-28(43-33)23-6-8-24(9-7-23)32-27(37)17-26(18-30(32)48-36(38,39)40)25-10-11-31(41-19-25)45-12-14-46(15-13-45)34(47)35(2,3)4/h6-11,17-20,22,29H,12-16,21H2,1-5H3,(H,42,43). The summed E-state index contributed by atoms with van der Waals surface area (Å²) in [4.78, 5) is 31.5. The number of pyridine rings is 1. The van der Waals surface area contributed by atoms with Crippen LogP contribution in [0.2, 0.25) is 5.02 Å². The second-order valence-corrected chi connectivity index (χ2v) is 14.3. The zero-order valence-electron chi connectivity index (χ0n) is 27.7. The average molecular weight is 681 g/mol. The van der Waals surface area contributed by atoms with Crippen LogP contribution < -0.4 is 9.64 Å². The van der Waals surface area contributed by atoms with Crippen LogP contribution in [0.4, 0.5) is 19.0 Å². The van der Waals surface area contributed by atoms with E-state index >= 15 is 0 Å². The van der Waals surface area contributed by atoms with E-state index in [4.69, 9.17) is 11.6 Å². The number of H-pyrrole nitrogens is 1. The molecule has 2 unspecified atom stereocenters. The molecule has 1 amide bonds. The molecule has 0 saturated carbocycles. The highest BCUT2D eigenvalue weighted by Crippen LogP contribution is 2.43. The summed E-state index contributed by atoms with van der Waals surface area (Å²) in [7, 11) is 2.09. The molecule has 6 rings (SSSR count). The molecule has 48 heavy (non-hydrogen) atoms. The number of amides is 1. The van der Waals surface area contributed by atoms with Crippen molar-refractivity contribution in [1.29, 1.82) is 0 Å². The van der Waals surface area contributed by atoms with Gasteiger partial charge in [-0.15, -0.1) is 13.2 Å². The first-order chi connectivity index (χ1) is 22.7. The Labute approximate surface area is 283 Å². The van der Waals surface area contributed by atoms with Crippen molar-refractivity contribution in [2.75, 3.05) is 44.7 Å². The number of ether oxygens (including phenoxy) is 1. The maximum absolute atomic E-state index is 13.6. The second kappa shape index (κ2) is 13.1. The number of anilines is 1. The number of likely N-dealkylation sites (tertiary alicyclic amines) is 1. The molecule has 0 aliphatic carbocycles. The van der Waals surface area contributed by atoms with Gasteiger partial charge in [-0.05, 0) is 60.3 Å². The number of imidazole rings is 1. The Hall–Kier alpha value is -4.09. The molecule has 0 bridgehead atoms. The Balaban J connectivity index is 1.22. The Morgan fingerprint density at radius 3 is 2.17 bits per heavy atom. The Bertz CT molecular complexity index is 1760. The molecule has 1 N–H and O–H groups in total. The van der Waals surface area contributed by atoms with E-state index in [1.165, 1.54) is 6.07 Å². The van der Waals surface area contributed by atoms with Gasteiger partial charge >= 0.3 is 6.36 Å². The zero-order valence-corrected chi connectivity index (χ0v) is 28.5. The van der Waals surface area contributed by atoms with Crippen molar-refractivity contribution in [3.8, 4) is 39.3 Å². The second-order valence-electron chi connectivity index (χ2n) is 13.9. The molecule has 254 valence electrons. The van der Waals surface area contributed by atoms with Crippen molar-refractivity contribution in [1.82, 2.24) is 24.8 Å². The summed E-state index contributed by atoms with van der Waals surface area (Å²) in [5.74, 6) is 1.94. The topological polar surface area (TPSA) is 77.6 Å². The number of nitrogens with one attached hydrogen (secondary N) is 1. The van der Waals surface area contributed by atoms with Crippen molar-refractivity contribution in [2.24, 2.45) is 11.3 Å². The lowest BCUT2D eigenvalue weighted by molar-refractivity contribution is -0.274. The number of carbonyl (C=O) groups excluding carboxylic acids is 1. The molecule has 2 aromatic carbocycles. The minimum Gasteiger partial charge on any atom is -0.405 e. The molecular formula is C36H40ClF3N6O2. The molecule has 2 aliphatic rings. The van der Waals surface area contributed by atoms with E-state index in [0.29, 0.717) is 48.8 Å². The Morgan fingerprint density at radius 1 is 0.917 bits per heavy atom. The number of aromatic amines is 1. The van der Waals surface area contributed by atoms with Crippen LogP contribution in [0.3, 0.4) is 0 Å². The third-order valence-electron chi connectivity index (χ3n) is 9.05. The third kappa shape index (κ3) is 7.32. The number of benzene rings is 2.